The molecular formula is C50H64N2O13. The number of aliphatic hydroxyl groups excluding tert-OH is 2. The van der Waals surface area contributed by atoms with E-state index < -0.39 is 60.4 Å². The second kappa shape index (κ2) is 19.4. The van der Waals surface area contributed by atoms with Crippen molar-refractivity contribution in [3.05, 3.63) is 67.9 Å². The summed E-state index contributed by atoms with van der Waals surface area (Å²) in [7, 11) is 1.70. The highest BCUT2D eigenvalue weighted by Gasteiger charge is 2.51. The number of Topliss-reactive ketones (excluding diaryl/α,β-unsaturated/α-hetero) is 1. The highest BCUT2D eigenvalue weighted by atomic mass is 16.6. The molecule has 2 aromatic carbocycles. The molecule has 0 bridgehead atoms. The zero-order valence-corrected chi connectivity index (χ0v) is 38.0. The van der Waals surface area contributed by atoms with Gasteiger partial charge in [-0.15, -0.1) is 0 Å². The second-order valence-corrected chi connectivity index (χ2v) is 18.8. The fourth-order valence-electron chi connectivity index (χ4n) is 11.2. The Bertz CT molecular complexity index is 2370. The number of rotatable bonds is 15. The van der Waals surface area contributed by atoms with Gasteiger partial charge in [0, 0.05) is 68.5 Å². The molecule has 4 aliphatic heterocycles. The Hall–Kier alpha value is -4.48. The van der Waals surface area contributed by atoms with E-state index in [1.165, 1.54) is 0 Å². The van der Waals surface area contributed by atoms with Crippen molar-refractivity contribution in [1.29, 1.82) is 0 Å². The maximum Gasteiger partial charge on any atom is 0.375 e. The van der Waals surface area contributed by atoms with Gasteiger partial charge in [-0.05, 0) is 101 Å². The lowest BCUT2D eigenvalue weighted by Crippen LogP contribution is -2.54. The number of hydrogen-bond donors (Lipinski definition) is 5. The average molecular weight is 901 g/mol. The molecule has 15 heteroatoms. The molecule has 2 aromatic rings. The number of methoxy groups -OCH3 is 1. The van der Waals surface area contributed by atoms with Gasteiger partial charge in [0.15, 0.2) is 12.1 Å². The van der Waals surface area contributed by atoms with Crippen molar-refractivity contribution in [2.75, 3.05) is 46.6 Å². The number of esters is 1. The number of aldehydes is 1. The number of ether oxygens (including phenoxy) is 5. The summed E-state index contributed by atoms with van der Waals surface area (Å²) in [6.07, 6.45) is 5.36. The van der Waals surface area contributed by atoms with E-state index in [-0.39, 0.29) is 96.0 Å². The van der Waals surface area contributed by atoms with Gasteiger partial charge in [-0.25, -0.2) is 4.79 Å². The van der Waals surface area contributed by atoms with Crippen molar-refractivity contribution in [3.63, 3.8) is 0 Å². The number of aliphatic hydroxyl groups is 5. The van der Waals surface area contributed by atoms with Crippen LogP contribution in [-0.4, -0.2) is 125 Å². The molecule has 8 rings (SSSR count). The zero-order valence-electron chi connectivity index (χ0n) is 38.0. The Balaban J connectivity index is 1.30. The van der Waals surface area contributed by atoms with Crippen LogP contribution in [0.25, 0.3) is 11.6 Å². The number of ketones is 1. The number of likely N-dealkylation sites (tertiary alicyclic amines) is 1. The number of piperidine rings is 1. The van der Waals surface area contributed by atoms with E-state index in [1.54, 1.807) is 21.0 Å². The van der Waals surface area contributed by atoms with Gasteiger partial charge in [-0.2, -0.15) is 0 Å². The van der Waals surface area contributed by atoms with Gasteiger partial charge in [0.25, 0.3) is 0 Å². The molecular weight excluding hydrogens is 837 g/mol. The maximum absolute atomic E-state index is 14.2. The van der Waals surface area contributed by atoms with Gasteiger partial charge in [0.2, 0.25) is 5.76 Å². The van der Waals surface area contributed by atoms with Crippen LogP contribution >= 0.6 is 0 Å². The van der Waals surface area contributed by atoms with Crippen molar-refractivity contribution in [1.82, 2.24) is 4.90 Å². The number of nitrogens with zero attached hydrogens (tertiary/aromatic N) is 2. The number of fused-ring (bicyclic) bond motifs is 3. The van der Waals surface area contributed by atoms with Crippen LogP contribution in [0, 0.1) is 11.8 Å². The van der Waals surface area contributed by atoms with Crippen LogP contribution in [0.2, 0.25) is 0 Å². The van der Waals surface area contributed by atoms with Crippen molar-refractivity contribution in [3.8, 4) is 17.2 Å². The lowest BCUT2D eigenvalue weighted by atomic mass is 9.71. The minimum atomic E-state index is -2.01. The van der Waals surface area contributed by atoms with Gasteiger partial charge in [0.05, 0.1) is 48.4 Å². The first-order valence-corrected chi connectivity index (χ1v) is 23.4. The SMILES string of the molecule is CCOC(=O)C1=C(C=O)C(=C2CC(CO)C(=O)C(c3ccc4c(c3)=CCN=4)C2)c2c(c(CO)c3c(c2OC2CCCC(O)(O)C2)CC(C(C)(O)C2CCN(CCCOC)C(CC)C2)O3)O1. The number of carbonyl (C=O) groups excluding carboxylic acids is 3. The average Bonchev–Trinajstić information content (AvgIpc) is 3.97. The molecule has 1 saturated heterocycles. The summed E-state index contributed by atoms with van der Waals surface area (Å²) in [5.41, 5.74) is 0.872. The van der Waals surface area contributed by atoms with E-state index in [1.807, 2.05) is 24.3 Å². The fraction of sp³-hybridized carbons (Fsp3) is 0.600. The Morgan fingerprint density at radius 2 is 1.94 bits per heavy atom. The third-order valence-electron chi connectivity index (χ3n) is 14.7. The van der Waals surface area contributed by atoms with Crippen molar-refractivity contribution in [2.45, 2.75) is 134 Å². The molecule has 2 saturated carbocycles. The molecule has 0 spiro atoms. The normalized spacial score (nSPS) is 28.2. The molecule has 15 nitrogen and oxygen atoms in total. The summed E-state index contributed by atoms with van der Waals surface area (Å²) >= 11 is 0. The van der Waals surface area contributed by atoms with Crippen LogP contribution < -0.4 is 24.8 Å². The van der Waals surface area contributed by atoms with Crippen molar-refractivity contribution >= 4 is 29.7 Å². The highest BCUT2D eigenvalue weighted by molar-refractivity contribution is 6.11. The Morgan fingerprint density at radius 3 is 2.65 bits per heavy atom. The van der Waals surface area contributed by atoms with Gasteiger partial charge in [-0.3, -0.25) is 14.6 Å². The van der Waals surface area contributed by atoms with Gasteiger partial charge in [-0.1, -0.05) is 24.6 Å². The zero-order chi connectivity index (χ0) is 46.2. The van der Waals surface area contributed by atoms with E-state index in [9.17, 15) is 39.9 Å². The van der Waals surface area contributed by atoms with E-state index in [4.69, 9.17) is 23.7 Å². The predicted molar refractivity (Wildman–Crippen MR) is 237 cm³/mol. The monoisotopic (exact) mass is 900 g/mol. The van der Waals surface area contributed by atoms with Crippen LogP contribution in [0.4, 0.5) is 0 Å². The first-order valence-electron chi connectivity index (χ1n) is 23.4. The molecule has 7 atom stereocenters. The second-order valence-electron chi connectivity index (χ2n) is 18.8. The Labute approximate surface area is 379 Å². The summed E-state index contributed by atoms with van der Waals surface area (Å²) in [4.78, 5) is 48.6. The lowest BCUT2D eigenvalue weighted by Gasteiger charge is -2.46. The predicted octanol–water partition coefficient (Wildman–Crippen LogP) is 3.09. The number of benzene rings is 2. The number of allylic oxidation sites excluding steroid dienone is 3. The molecule has 0 amide bonds. The van der Waals surface area contributed by atoms with Crippen molar-refractivity contribution in [2.24, 2.45) is 16.8 Å². The lowest BCUT2D eigenvalue weighted by molar-refractivity contribution is -0.196. The van der Waals surface area contributed by atoms with E-state index in [0.29, 0.717) is 55.4 Å². The minimum absolute atomic E-state index is 0.0223. The summed E-state index contributed by atoms with van der Waals surface area (Å²) in [6, 6.07) is 5.88. The first kappa shape index (κ1) is 47.0. The van der Waals surface area contributed by atoms with E-state index >= 15 is 0 Å². The van der Waals surface area contributed by atoms with Crippen LogP contribution in [0.1, 0.15) is 113 Å². The van der Waals surface area contributed by atoms with Crippen LogP contribution in [0.15, 0.2) is 40.1 Å². The maximum atomic E-state index is 14.2. The molecule has 4 heterocycles. The number of carbonyl (C=O) groups is 3. The molecule has 0 radical (unpaired) electrons. The molecule has 5 N–H and O–H groups in total. The summed E-state index contributed by atoms with van der Waals surface area (Å²) in [5.74, 6) is -4.93. The van der Waals surface area contributed by atoms with Crippen LogP contribution in [-0.2, 0) is 36.9 Å². The third-order valence-corrected chi connectivity index (χ3v) is 14.7. The van der Waals surface area contributed by atoms with Gasteiger partial charge in [0.1, 0.15) is 40.8 Å². The molecule has 352 valence electrons. The summed E-state index contributed by atoms with van der Waals surface area (Å²) in [6.45, 7) is 7.29. The summed E-state index contributed by atoms with van der Waals surface area (Å²) in [5, 5.41) is 58.2. The number of hydrogen-bond acceptors (Lipinski definition) is 15. The molecule has 6 aliphatic rings. The largest absolute Gasteiger partial charge is 0.489 e. The van der Waals surface area contributed by atoms with Gasteiger partial charge < -0.3 is 54.1 Å². The molecule has 0 aromatic heterocycles. The topological polar surface area (TPSA) is 214 Å². The fourth-order valence-corrected chi connectivity index (χ4v) is 11.2. The van der Waals surface area contributed by atoms with Crippen LogP contribution in [0.3, 0.4) is 0 Å². The minimum Gasteiger partial charge on any atom is -0.489 e. The van der Waals surface area contributed by atoms with Crippen LogP contribution in [0.5, 0.6) is 17.2 Å². The standard InChI is InChI=1S/C50H64N2O13/c1-5-33-22-32(13-17-52(33)16-8-18-61-4)49(3,58)40-23-36-44(64-40)38(27-55)46-42(45(36)63-34-9-7-14-50(59,60)24-34)41(37(26-54)47(65-46)48(57)62-6-2)30-20-31(25-53)43(56)35(21-30)28-10-11-39-29(19-28)12-15-51-39/h10-12,19,26,31-35,40,53,55,58-60H,5-9,13-18,20-25,27H2,1-4H3. The Kier molecular flexibility index (Phi) is 14.0. The first-order chi connectivity index (χ1) is 31.3. The quantitative estimate of drug-likeness (QED) is 0.0753. The van der Waals surface area contributed by atoms with Crippen molar-refractivity contribution < 1.29 is 63.6 Å². The molecule has 65 heavy (non-hydrogen) atoms. The van der Waals surface area contributed by atoms with Gasteiger partial charge >= 0.3 is 5.97 Å². The Morgan fingerprint density at radius 1 is 1.12 bits per heavy atom. The highest BCUT2D eigenvalue weighted by Crippen LogP contribution is 2.58. The summed E-state index contributed by atoms with van der Waals surface area (Å²) < 4.78 is 31.0. The van der Waals surface area contributed by atoms with E-state index in [2.05, 4.69) is 16.8 Å². The van der Waals surface area contributed by atoms with E-state index in [0.717, 1.165) is 42.9 Å². The smallest absolute Gasteiger partial charge is 0.375 e. The molecule has 2 aliphatic carbocycles. The molecule has 3 fully saturated rings. The third kappa shape index (κ3) is 9.05. The molecule has 7 unspecified atom stereocenters.